The number of likely N-dealkylation sites (tertiary alicyclic amines) is 1. The van der Waals surface area contributed by atoms with E-state index in [1.165, 1.54) is 0 Å². The molecule has 0 aromatic heterocycles. The summed E-state index contributed by atoms with van der Waals surface area (Å²) in [6.07, 6.45) is 2.69. The molecule has 1 aliphatic heterocycles. The maximum absolute atomic E-state index is 12.1. The largest absolute Gasteiger partial charge is 0.365 e. The van der Waals surface area contributed by atoms with Crippen molar-refractivity contribution in [1.82, 2.24) is 0 Å². The van der Waals surface area contributed by atoms with Crippen molar-refractivity contribution in [3.63, 3.8) is 0 Å². The topological polar surface area (TPSA) is 76.6 Å². The Bertz CT molecular complexity index is 551. The highest BCUT2D eigenvalue weighted by Crippen LogP contribution is 2.25. The minimum absolute atomic E-state index is 0.191. The molecule has 2 amide bonds. The van der Waals surface area contributed by atoms with Crippen LogP contribution in [-0.2, 0) is 9.59 Å². The zero-order chi connectivity index (χ0) is 15.4. The number of primary amides is 1. The molecule has 21 heavy (non-hydrogen) atoms. The first-order chi connectivity index (χ1) is 9.97. The summed E-state index contributed by atoms with van der Waals surface area (Å²) >= 11 is 11.9. The number of nitrogens with two attached hydrogens (primary N) is 1. The van der Waals surface area contributed by atoms with Gasteiger partial charge >= 0.3 is 0 Å². The van der Waals surface area contributed by atoms with Crippen molar-refractivity contribution in [3.05, 3.63) is 28.2 Å². The van der Waals surface area contributed by atoms with E-state index in [-0.39, 0.29) is 24.4 Å². The fourth-order valence-electron chi connectivity index (χ4n) is 2.63. The summed E-state index contributed by atoms with van der Waals surface area (Å²) in [5, 5.41) is 3.65. The lowest BCUT2D eigenvalue weighted by Crippen LogP contribution is -3.18. The highest BCUT2D eigenvalue weighted by atomic mass is 35.5. The third kappa shape index (κ3) is 4.33. The van der Waals surface area contributed by atoms with Crippen molar-refractivity contribution in [2.24, 2.45) is 5.73 Å². The Balaban J connectivity index is 2.00. The van der Waals surface area contributed by atoms with Crippen molar-refractivity contribution in [3.8, 4) is 0 Å². The van der Waals surface area contributed by atoms with Crippen LogP contribution in [0.4, 0.5) is 5.69 Å². The van der Waals surface area contributed by atoms with Crippen molar-refractivity contribution < 1.29 is 14.5 Å². The molecule has 1 aromatic carbocycles. The summed E-state index contributed by atoms with van der Waals surface area (Å²) in [6.45, 7) is 0.959. The molecule has 0 spiro atoms. The van der Waals surface area contributed by atoms with Gasteiger partial charge < -0.3 is 16.0 Å². The van der Waals surface area contributed by atoms with Crippen LogP contribution in [0.2, 0.25) is 10.0 Å². The van der Waals surface area contributed by atoms with Gasteiger partial charge in [0.1, 0.15) is 0 Å². The number of benzene rings is 1. The van der Waals surface area contributed by atoms with Gasteiger partial charge in [-0.25, -0.2) is 0 Å². The number of hydrogen-bond donors (Lipinski definition) is 3. The third-order valence-corrected chi connectivity index (χ3v) is 4.23. The minimum atomic E-state index is -0.349. The molecule has 5 nitrogen and oxygen atoms in total. The summed E-state index contributed by atoms with van der Waals surface area (Å²) < 4.78 is 0. The Kier molecular flexibility index (Phi) is 5.45. The van der Waals surface area contributed by atoms with Crippen LogP contribution in [0.1, 0.15) is 19.3 Å². The number of halogens is 2. The van der Waals surface area contributed by atoms with E-state index in [1.54, 1.807) is 18.2 Å². The van der Waals surface area contributed by atoms with Crippen LogP contribution in [0.25, 0.3) is 0 Å². The first kappa shape index (κ1) is 16.1. The van der Waals surface area contributed by atoms with Crippen LogP contribution < -0.4 is 16.0 Å². The van der Waals surface area contributed by atoms with Crippen LogP contribution in [-0.4, -0.2) is 30.9 Å². The fourth-order valence-corrected chi connectivity index (χ4v) is 2.96. The zero-order valence-corrected chi connectivity index (χ0v) is 13.0. The van der Waals surface area contributed by atoms with Gasteiger partial charge in [0, 0.05) is 11.4 Å². The number of quaternary nitrogens is 1. The number of amides is 2. The molecule has 114 valence electrons. The van der Waals surface area contributed by atoms with Crippen LogP contribution in [0.5, 0.6) is 0 Å². The van der Waals surface area contributed by atoms with E-state index in [4.69, 9.17) is 28.9 Å². The summed E-state index contributed by atoms with van der Waals surface area (Å²) in [4.78, 5) is 24.5. The molecule has 0 saturated carbocycles. The van der Waals surface area contributed by atoms with Crippen LogP contribution in [0.15, 0.2) is 18.2 Å². The Morgan fingerprint density at radius 3 is 2.81 bits per heavy atom. The minimum Gasteiger partial charge on any atom is -0.365 e. The second-order valence-electron chi connectivity index (χ2n) is 5.21. The molecule has 1 aliphatic rings. The van der Waals surface area contributed by atoms with Crippen molar-refractivity contribution in [2.45, 2.75) is 25.3 Å². The zero-order valence-electron chi connectivity index (χ0n) is 11.5. The Morgan fingerprint density at radius 1 is 1.33 bits per heavy atom. The number of hydrogen-bond acceptors (Lipinski definition) is 2. The van der Waals surface area contributed by atoms with Crippen molar-refractivity contribution in [2.75, 3.05) is 18.4 Å². The second-order valence-corrected chi connectivity index (χ2v) is 6.05. The highest BCUT2D eigenvalue weighted by Gasteiger charge is 2.32. The summed E-state index contributed by atoms with van der Waals surface area (Å²) in [5.41, 5.74) is 5.87. The molecule has 0 bridgehead atoms. The van der Waals surface area contributed by atoms with Gasteiger partial charge in [0.05, 0.1) is 17.3 Å². The number of piperidine rings is 1. The van der Waals surface area contributed by atoms with Crippen LogP contribution in [0, 0.1) is 0 Å². The van der Waals surface area contributed by atoms with Crippen molar-refractivity contribution in [1.29, 1.82) is 0 Å². The Hall–Kier alpha value is -1.30. The SMILES string of the molecule is NC(=O)[C@H]1CCCC[NH+]1CC(=O)Nc1cc(Cl)ccc1Cl. The standard InChI is InChI=1S/C14H17Cl2N3O2/c15-9-4-5-10(16)11(7-9)18-13(20)8-19-6-2-1-3-12(19)14(17)21/h4-5,7,12H,1-3,6,8H2,(H2,17,21)(H,18,20)/p+1/t12-/m1/s1. The predicted octanol–water partition coefficient (Wildman–Crippen LogP) is 0.855. The van der Waals surface area contributed by atoms with Gasteiger partial charge in [0.2, 0.25) is 0 Å². The maximum atomic E-state index is 12.1. The lowest BCUT2D eigenvalue weighted by atomic mass is 10.0. The quantitative estimate of drug-likeness (QED) is 0.765. The van der Waals surface area contributed by atoms with Gasteiger partial charge in [-0.05, 0) is 31.0 Å². The van der Waals surface area contributed by atoms with Gasteiger partial charge in [0.25, 0.3) is 11.8 Å². The number of carbonyl (C=O) groups excluding carboxylic acids is 2. The summed E-state index contributed by atoms with van der Waals surface area (Å²) in [7, 11) is 0. The molecule has 1 fully saturated rings. The van der Waals surface area contributed by atoms with Gasteiger partial charge in [-0.1, -0.05) is 23.2 Å². The number of nitrogens with one attached hydrogen (secondary N) is 2. The normalized spacial score (nSPS) is 21.8. The number of anilines is 1. The monoisotopic (exact) mass is 330 g/mol. The molecule has 1 aromatic rings. The van der Waals surface area contributed by atoms with E-state index in [0.29, 0.717) is 15.7 Å². The molecule has 0 radical (unpaired) electrons. The number of carbonyl (C=O) groups is 2. The Labute approximate surface area is 133 Å². The molecule has 2 atom stereocenters. The average molecular weight is 331 g/mol. The predicted molar refractivity (Wildman–Crippen MR) is 82.6 cm³/mol. The molecule has 1 saturated heterocycles. The lowest BCUT2D eigenvalue weighted by Gasteiger charge is -2.29. The molecule has 2 rings (SSSR count). The van der Waals surface area contributed by atoms with E-state index in [1.807, 2.05) is 0 Å². The van der Waals surface area contributed by atoms with E-state index in [2.05, 4.69) is 5.32 Å². The van der Waals surface area contributed by atoms with Crippen molar-refractivity contribution >= 4 is 40.7 Å². The second kappa shape index (κ2) is 7.11. The van der Waals surface area contributed by atoms with E-state index in [9.17, 15) is 9.59 Å². The number of rotatable bonds is 4. The Morgan fingerprint density at radius 2 is 2.10 bits per heavy atom. The molecule has 4 N–H and O–H groups in total. The molecule has 1 unspecified atom stereocenters. The van der Waals surface area contributed by atoms with Gasteiger partial charge in [0.15, 0.2) is 12.6 Å². The van der Waals surface area contributed by atoms with Crippen LogP contribution >= 0.6 is 23.2 Å². The van der Waals surface area contributed by atoms with Gasteiger partial charge in [-0.15, -0.1) is 0 Å². The maximum Gasteiger partial charge on any atom is 0.279 e. The molecule has 7 heteroatoms. The summed E-state index contributed by atoms with van der Waals surface area (Å²) in [6, 6.07) is 4.58. The third-order valence-electron chi connectivity index (χ3n) is 3.67. The first-order valence-electron chi connectivity index (χ1n) is 6.86. The highest BCUT2D eigenvalue weighted by molar-refractivity contribution is 6.35. The average Bonchev–Trinajstić information content (AvgIpc) is 2.43. The van der Waals surface area contributed by atoms with Gasteiger partial charge in [-0.2, -0.15) is 0 Å². The first-order valence-corrected chi connectivity index (χ1v) is 7.62. The van der Waals surface area contributed by atoms with Crippen LogP contribution in [0.3, 0.4) is 0 Å². The van der Waals surface area contributed by atoms with Gasteiger partial charge in [-0.3, -0.25) is 9.59 Å². The summed E-state index contributed by atoms with van der Waals surface area (Å²) in [5.74, 6) is -0.555. The smallest absolute Gasteiger partial charge is 0.279 e. The molecular weight excluding hydrogens is 313 g/mol. The fraction of sp³-hybridized carbons (Fsp3) is 0.429. The molecule has 0 aliphatic carbocycles. The molecule has 1 heterocycles. The van der Waals surface area contributed by atoms with E-state index in [0.717, 1.165) is 30.7 Å². The van der Waals surface area contributed by atoms with E-state index < -0.39 is 0 Å². The lowest BCUT2D eigenvalue weighted by molar-refractivity contribution is -0.913. The molecular formula is C14H18Cl2N3O2+. The van der Waals surface area contributed by atoms with E-state index >= 15 is 0 Å².